The number of nitrogens with zero attached hydrogens (tertiary/aromatic N) is 3. The van der Waals surface area contributed by atoms with Crippen molar-refractivity contribution >= 4 is 5.57 Å². The van der Waals surface area contributed by atoms with Crippen LogP contribution in [0.1, 0.15) is 18.9 Å². The van der Waals surface area contributed by atoms with Gasteiger partial charge in [-0.1, -0.05) is 11.6 Å². The highest BCUT2D eigenvalue weighted by Gasteiger charge is 2.11. The molecule has 3 heterocycles. The van der Waals surface area contributed by atoms with Gasteiger partial charge in [0.05, 0.1) is 11.9 Å². The zero-order valence-corrected chi connectivity index (χ0v) is 10.3. The molecule has 0 aromatic carbocycles. The van der Waals surface area contributed by atoms with E-state index in [-0.39, 0.29) is 0 Å². The molecule has 0 unspecified atom stereocenters. The van der Waals surface area contributed by atoms with E-state index in [2.05, 4.69) is 38.7 Å². The van der Waals surface area contributed by atoms with Gasteiger partial charge in [0.25, 0.3) is 0 Å². The van der Waals surface area contributed by atoms with Gasteiger partial charge in [0.1, 0.15) is 5.69 Å². The van der Waals surface area contributed by atoms with Crippen LogP contribution in [0.15, 0.2) is 30.1 Å². The lowest BCUT2D eigenvalue weighted by molar-refractivity contribution is 0.715. The van der Waals surface area contributed by atoms with Crippen molar-refractivity contribution in [3.05, 3.63) is 35.7 Å². The van der Waals surface area contributed by atoms with Gasteiger partial charge in [-0.15, -0.1) is 0 Å². The van der Waals surface area contributed by atoms with Crippen LogP contribution in [0.2, 0.25) is 0 Å². The third kappa shape index (κ3) is 2.04. The minimum Gasteiger partial charge on any atom is -0.312 e. The van der Waals surface area contributed by atoms with E-state index < -0.39 is 0 Å². The molecule has 5 heteroatoms. The molecule has 92 valence electrons. The second kappa shape index (κ2) is 4.70. The monoisotopic (exact) mass is 241 g/mol. The summed E-state index contributed by atoms with van der Waals surface area (Å²) < 4.78 is 0. The maximum absolute atomic E-state index is 4.45. The predicted octanol–water partition coefficient (Wildman–Crippen LogP) is 1.63. The summed E-state index contributed by atoms with van der Waals surface area (Å²) in [7, 11) is 0. The first-order chi connectivity index (χ1) is 8.84. The fraction of sp³-hybridized carbons (Fsp3) is 0.308. The van der Waals surface area contributed by atoms with Crippen LogP contribution >= 0.6 is 0 Å². The summed E-state index contributed by atoms with van der Waals surface area (Å²) >= 11 is 0. The minimum absolute atomic E-state index is 0.772. The molecule has 18 heavy (non-hydrogen) atoms. The van der Waals surface area contributed by atoms with Gasteiger partial charge < -0.3 is 5.32 Å². The zero-order valence-electron chi connectivity index (χ0n) is 10.3. The first-order valence-electron chi connectivity index (χ1n) is 6.06. The number of H-pyrrole nitrogens is 1. The summed E-state index contributed by atoms with van der Waals surface area (Å²) in [4.78, 5) is 4.45. The van der Waals surface area contributed by atoms with Gasteiger partial charge in [-0.05, 0) is 37.1 Å². The number of hydrogen-bond donors (Lipinski definition) is 2. The average molecular weight is 241 g/mol. The number of hydrogen-bond acceptors (Lipinski definition) is 4. The molecule has 0 bridgehead atoms. The predicted molar refractivity (Wildman–Crippen MR) is 69.7 cm³/mol. The number of pyridine rings is 1. The lowest BCUT2D eigenvalue weighted by Gasteiger charge is -2.19. The number of aromatic amines is 1. The number of aromatic nitrogens is 4. The number of nitrogens with one attached hydrogen (secondary N) is 2. The molecule has 1 aliphatic rings. The smallest absolute Gasteiger partial charge is 0.131 e. The Morgan fingerprint density at radius 2 is 2.11 bits per heavy atom. The molecular weight excluding hydrogens is 226 g/mol. The van der Waals surface area contributed by atoms with Gasteiger partial charge in [0, 0.05) is 12.7 Å². The van der Waals surface area contributed by atoms with Crippen LogP contribution in [0.3, 0.4) is 0 Å². The maximum atomic E-state index is 4.45. The standard InChI is InChI=1S/C13H15N5/c1-9-4-5-14-7-11(9)10-2-3-12(15-6-10)13-8-16-18-17-13/h2-3,6,8,14H,4-5,7H2,1H3,(H,16,17,18). The van der Waals surface area contributed by atoms with Crippen LogP contribution < -0.4 is 5.32 Å². The summed E-state index contributed by atoms with van der Waals surface area (Å²) in [6.45, 7) is 4.19. The van der Waals surface area contributed by atoms with Gasteiger partial charge in [-0.25, -0.2) is 0 Å². The Morgan fingerprint density at radius 1 is 1.17 bits per heavy atom. The second-order valence-corrected chi connectivity index (χ2v) is 4.47. The van der Waals surface area contributed by atoms with Gasteiger partial charge in [0.2, 0.25) is 0 Å². The fourth-order valence-electron chi connectivity index (χ4n) is 2.19. The van der Waals surface area contributed by atoms with E-state index in [9.17, 15) is 0 Å². The molecular formula is C13H15N5. The Balaban J connectivity index is 1.92. The highest BCUT2D eigenvalue weighted by molar-refractivity contribution is 5.71. The van der Waals surface area contributed by atoms with E-state index in [0.29, 0.717) is 0 Å². The lowest BCUT2D eigenvalue weighted by atomic mass is 9.97. The summed E-state index contributed by atoms with van der Waals surface area (Å²) in [5.74, 6) is 0. The first kappa shape index (κ1) is 11.1. The van der Waals surface area contributed by atoms with Crippen LogP contribution in [-0.2, 0) is 0 Å². The molecule has 2 aromatic rings. The molecule has 0 saturated heterocycles. The van der Waals surface area contributed by atoms with Crippen LogP contribution in [-0.4, -0.2) is 33.5 Å². The minimum atomic E-state index is 0.772. The van der Waals surface area contributed by atoms with Crippen molar-refractivity contribution in [1.29, 1.82) is 0 Å². The SMILES string of the molecule is CC1=C(c2ccc(-c3cn[nH]n3)nc2)CNCC1. The van der Waals surface area contributed by atoms with Crippen LogP contribution in [0.5, 0.6) is 0 Å². The Bertz CT molecular complexity index is 554. The number of rotatable bonds is 2. The van der Waals surface area contributed by atoms with E-state index in [0.717, 1.165) is 30.9 Å². The quantitative estimate of drug-likeness (QED) is 0.838. The van der Waals surface area contributed by atoms with Crippen molar-refractivity contribution in [3.63, 3.8) is 0 Å². The van der Waals surface area contributed by atoms with E-state index in [1.54, 1.807) is 6.20 Å². The van der Waals surface area contributed by atoms with Crippen molar-refractivity contribution in [2.75, 3.05) is 13.1 Å². The summed E-state index contributed by atoms with van der Waals surface area (Å²) in [5.41, 5.74) is 5.61. The van der Waals surface area contributed by atoms with Crippen LogP contribution in [0.4, 0.5) is 0 Å². The molecule has 0 aliphatic carbocycles. The van der Waals surface area contributed by atoms with Gasteiger partial charge in [0.15, 0.2) is 0 Å². The van der Waals surface area contributed by atoms with Crippen LogP contribution in [0.25, 0.3) is 17.0 Å². The third-order valence-electron chi connectivity index (χ3n) is 3.28. The van der Waals surface area contributed by atoms with E-state index in [1.165, 1.54) is 16.7 Å². The van der Waals surface area contributed by atoms with Crippen LogP contribution in [0, 0.1) is 0 Å². The Morgan fingerprint density at radius 3 is 2.78 bits per heavy atom. The van der Waals surface area contributed by atoms with Gasteiger partial charge in [-0.2, -0.15) is 15.4 Å². The molecule has 0 spiro atoms. The third-order valence-corrected chi connectivity index (χ3v) is 3.28. The molecule has 5 nitrogen and oxygen atoms in total. The fourth-order valence-corrected chi connectivity index (χ4v) is 2.19. The first-order valence-corrected chi connectivity index (χ1v) is 6.06. The summed E-state index contributed by atoms with van der Waals surface area (Å²) in [6.07, 6.45) is 4.70. The molecule has 0 atom stereocenters. The molecule has 0 amide bonds. The van der Waals surface area contributed by atoms with Crippen molar-refractivity contribution in [1.82, 2.24) is 25.7 Å². The molecule has 1 aliphatic heterocycles. The maximum Gasteiger partial charge on any atom is 0.131 e. The molecule has 0 fully saturated rings. The normalized spacial score (nSPS) is 16.1. The molecule has 2 aromatic heterocycles. The topological polar surface area (TPSA) is 66.5 Å². The van der Waals surface area contributed by atoms with Crippen molar-refractivity contribution < 1.29 is 0 Å². The second-order valence-electron chi connectivity index (χ2n) is 4.47. The molecule has 0 radical (unpaired) electrons. The molecule has 0 saturated carbocycles. The highest BCUT2D eigenvalue weighted by Crippen LogP contribution is 2.23. The van der Waals surface area contributed by atoms with Crippen molar-refractivity contribution in [3.8, 4) is 11.4 Å². The largest absolute Gasteiger partial charge is 0.312 e. The highest BCUT2D eigenvalue weighted by atomic mass is 15.3. The van der Waals surface area contributed by atoms with Crippen molar-refractivity contribution in [2.24, 2.45) is 0 Å². The average Bonchev–Trinajstić information content (AvgIpc) is 2.94. The van der Waals surface area contributed by atoms with E-state index in [1.807, 2.05) is 12.3 Å². The van der Waals surface area contributed by atoms with Gasteiger partial charge in [-0.3, -0.25) is 4.98 Å². The molecule has 3 rings (SSSR count). The molecule has 2 N–H and O–H groups in total. The Hall–Kier alpha value is -2.01. The zero-order chi connectivity index (χ0) is 12.4. The van der Waals surface area contributed by atoms with E-state index in [4.69, 9.17) is 0 Å². The summed E-state index contributed by atoms with van der Waals surface area (Å²) in [6, 6.07) is 4.09. The van der Waals surface area contributed by atoms with Gasteiger partial charge >= 0.3 is 0 Å². The van der Waals surface area contributed by atoms with E-state index >= 15 is 0 Å². The Kier molecular flexibility index (Phi) is 2.90. The van der Waals surface area contributed by atoms with Crippen molar-refractivity contribution in [2.45, 2.75) is 13.3 Å². The Labute approximate surface area is 105 Å². The lowest BCUT2D eigenvalue weighted by Crippen LogP contribution is -2.23. The summed E-state index contributed by atoms with van der Waals surface area (Å²) in [5, 5.41) is 13.8.